The van der Waals surface area contributed by atoms with Crippen molar-refractivity contribution >= 4 is 11.9 Å². The Hall–Kier alpha value is -1.84. The summed E-state index contributed by atoms with van der Waals surface area (Å²) in [5.41, 5.74) is 1.16. The molecule has 2 N–H and O–H groups in total. The van der Waals surface area contributed by atoms with Crippen LogP contribution in [0.2, 0.25) is 0 Å². The molecule has 0 aromatic heterocycles. The van der Waals surface area contributed by atoms with E-state index in [0.29, 0.717) is 25.2 Å². The number of aliphatic carboxylic acids is 1. The van der Waals surface area contributed by atoms with Gasteiger partial charge in [0.05, 0.1) is 5.92 Å². The third kappa shape index (κ3) is 2.43. The lowest BCUT2D eigenvalue weighted by Crippen LogP contribution is -2.58. The van der Waals surface area contributed by atoms with Crippen LogP contribution in [-0.2, 0) is 16.0 Å². The van der Waals surface area contributed by atoms with Crippen molar-refractivity contribution in [2.45, 2.75) is 50.5 Å². The number of benzene rings is 1. The largest absolute Gasteiger partial charge is 0.480 e. The van der Waals surface area contributed by atoms with Crippen molar-refractivity contribution in [2.75, 3.05) is 0 Å². The molecule has 3 atom stereocenters. The van der Waals surface area contributed by atoms with Crippen molar-refractivity contribution in [1.82, 2.24) is 5.32 Å². The molecule has 0 spiro atoms. The van der Waals surface area contributed by atoms with E-state index in [-0.39, 0.29) is 11.8 Å². The van der Waals surface area contributed by atoms with Crippen molar-refractivity contribution in [2.24, 2.45) is 5.92 Å². The quantitative estimate of drug-likeness (QED) is 0.897. The van der Waals surface area contributed by atoms with Crippen molar-refractivity contribution in [3.63, 3.8) is 0 Å². The maximum atomic E-state index is 12.5. The van der Waals surface area contributed by atoms with Crippen molar-refractivity contribution in [3.05, 3.63) is 35.4 Å². The first-order chi connectivity index (χ1) is 10.0. The van der Waals surface area contributed by atoms with Gasteiger partial charge in [-0.2, -0.15) is 0 Å². The first-order valence-electron chi connectivity index (χ1n) is 7.65. The molecule has 21 heavy (non-hydrogen) atoms. The summed E-state index contributed by atoms with van der Waals surface area (Å²) >= 11 is 0. The summed E-state index contributed by atoms with van der Waals surface area (Å²) in [7, 11) is 0. The molecule has 1 saturated carbocycles. The van der Waals surface area contributed by atoms with E-state index in [1.54, 1.807) is 0 Å². The Bertz CT molecular complexity index is 583. The van der Waals surface area contributed by atoms with Crippen LogP contribution in [-0.4, -0.2) is 22.5 Å². The number of hydrogen-bond acceptors (Lipinski definition) is 2. The van der Waals surface area contributed by atoms with Crippen LogP contribution in [0, 0.1) is 5.92 Å². The monoisotopic (exact) mass is 287 g/mol. The van der Waals surface area contributed by atoms with Crippen LogP contribution in [0.3, 0.4) is 0 Å². The second-order valence-electron chi connectivity index (χ2n) is 6.53. The lowest BCUT2D eigenvalue weighted by molar-refractivity contribution is -0.150. The Balaban J connectivity index is 1.76. The molecule has 1 aromatic carbocycles. The number of carbonyl (C=O) groups is 2. The Morgan fingerprint density at radius 2 is 2.10 bits per heavy atom. The van der Waals surface area contributed by atoms with E-state index in [9.17, 15) is 14.7 Å². The van der Waals surface area contributed by atoms with Gasteiger partial charge in [-0.1, -0.05) is 44.0 Å². The Kier molecular flexibility index (Phi) is 3.47. The highest BCUT2D eigenvalue weighted by Crippen LogP contribution is 2.37. The normalized spacial score (nSPS) is 30.9. The molecule has 0 radical (unpaired) electrons. The van der Waals surface area contributed by atoms with Crippen LogP contribution in [0.1, 0.15) is 49.7 Å². The Morgan fingerprint density at radius 1 is 1.33 bits per heavy atom. The van der Waals surface area contributed by atoms with E-state index >= 15 is 0 Å². The number of carboxylic acid groups (broad SMARTS) is 1. The fourth-order valence-electron chi connectivity index (χ4n) is 3.73. The number of carboxylic acids is 1. The molecule has 3 unspecified atom stereocenters. The summed E-state index contributed by atoms with van der Waals surface area (Å²) in [4.78, 5) is 24.2. The Morgan fingerprint density at radius 3 is 2.76 bits per heavy atom. The number of amides is 1. The third-order valence-electron chi connectivity index (χ3n) is 4.94. The number of nitrogens with one attached hydrogen (secondary N) is 1. The van der Waals surface area contributed by atoms with Crippen molar-refractivity contribution in [3.8, 4) is 0 Å². The summed E-state index contributed by atoms with van der Waals surface area (Å²) in [6, 6.07) is 7.87. The van der Waals surface area contributed by atoms with Crippen molar-refractivity contribution < 1.29 is 14.7 Å². The third-order valence-corrected chi connectivity index (χ3v) is 4.94. The highest BCUT2D eigenvalue weighted by atomic mass is 16.4. The summed E-state index contributed by atoms with van der Waals surface area (Å²) < 4.78 is 0. The molecule has 0 heterocycles. The van der Waals surface area contributed by atoms with Crippen LogP contribution in [0.15, 0.2) is 24.3 Å². The molecule has 4 heteroatoms. The summed E-state index contributed by atoms with van der Waals surface area (Å²) in [6.45, 7) is 2.06. The molecule has 1 fully saturated rings. The van der Waals surface area contributed by atoms with Crippen LogP contribution in [0.4, 0.5) is 0 Å². The molecule has 112 valence electrons. The van der Waals surface area contributed by atoms with E-state index in [2.05, 4.69) is 12.2 Å². The molecule has 4 nitrogen and oxygen atoms in total. The summed E-state index contributed by atoms with van der Waals surface area (Å²) in [6.07, 6.45) is 3.68. The summed E-state index contributed by atoms with van der Waals surface area (Å²) in [5.74, 6) is -0.876. The standard InChI is InChI=1S/C17H21NO3/c1-11-5-4-8-17(10-11,16(20)21)18-15(19)14-9-12-6-2-3-7-13(12)14/h2-3,6-7,11,14H,4-5,8-10H2,1H3,(H,18,19)(H,20,21). The van der Waals surface area contributed by atoms with Gasteiger partial charge in [0.25, 0.3) is 0 Å². The van der Waals surface area contributed by atoms with E-state index in [1.165, 1.54) is 5.56 Å². The maximum Gasteiger partial charge on any atom is 0.329 e. The van der Waals surface area contributed by atoms with Gasteiger partial charge in [-0.05, 0) is 36.3 Å². The van der Waals surface area contributed by atoms with Crippen molar-refractivity contribution in [1.29, 1.82) is 0 Å². The zero-order valence-electron chi connectivity index (χ0n) is 12.3. The van der Waals surface area contributed by atoms with Gasteiger partial charge in [-0.15, -0.1) is 0 Å². The second kappa shape index (κ2) is 5.17. The second-order valence-corrected chi connectivity index (χ2v) is 6.53. The minimum atomic E-state index is -1.07. The van der Waals surface area contributed by atoms with Gasteiger partial charge < -0.3 is 10.4 Å². The number of rotatable bonds is 3. The maximum absolute atomic E-state index is 12.5. The van der Waals surface area contributed by atoms with Gasteiger partial charge in [-0.3, -0.25) is 4.79 Å². The summed E-state index contributed by atoms with van der Waals surface area (Å²) in [5, 5.41) is 12.5. The number of fused-ring (bicyclic) bond motifs is 1. The van der Waals surface area contributed by atoms with Gasteiger partial charge in [0.15, 0.2) is 0 Å². The molecule has 0 aliphatic heterocycles. The van der Waals surface area contributed by atoms with Crippen LogP contribution in [0.25, 0.3) is 0 Å². The van der Waals surface area contributed by atoms with E-state index in [0.717, 1.165) is 18.4 Å². The molecule has 0 bridgehead atoms. The van der Waals surface area contributed by atoms with Gasteiger partial charge in [0.2, 0.25) is 5.91 Å². The van der Waals surface area contributed by atoms with E-state index in [4.69, 9.17) is 0 Å². The lowest BCUT2D eigenvalue weighted by Gasteiger charge is -2.39. The van der Waals surface area contributed by atoms with Gasteiger partial charge in [0, 0.05) is 0 Å². The van der Waals surface area contributed by atoms with Crippen LogP contribution >= 0.6 is 0 Å². The first kappa shape index (κ1) is 14.1. The molecule has 2 aliphatic carbocycles. The fraction of sp³-hybridized carbons (Fsp3) is 0.529. The fourth-order valence-corrected chi connectivity index (χ4v) is 3.73. The molecule has 1 amide bonds. The molecule has 2 aliphatic rings. The average Bonchev–Trinajstić information content (AvgIpc) is 2.40. The molecular weight excluding hydrogens is 266 g/mol. The zero-order valence-corrected chi connectivity index (χ0v) is 12.3. The topological polar surface area (TPSA) is 66.4 Å². The number of hydrogen-bond donors (Lipinski definition) is 2. The Labute approximate surface area is 124 Å². The highest BCUT2D eigenvalue weighted by Gasteiger charge is 2.45. The molecule has 0 saturated heterocycles. The van der Waals surface area contributed by atoms with Gasteiger partial charge in [0.1, 0.15) is 5.54 Å². The zero-order chi connectivity index (χ0) is 15.0. The van der Waals surface area contributed by atoms with Crippen LogP contribution < -0.4 is 5.32 Å². The number of carbonyl (C=O) groups excluding carboxylic acids is 1. The molecular formula is C17H21NO3. The van der Waals surface area contributed by atoms with Crippen LogP contribution in [0.5, 0.6) is 0 Å². The lowest BCUT2D eigenvalue weighted by atomic mass is 9.74. The van der Waals surface area contributed by atoms with E-state index in [1.807, 2.05) is 24.3 Å². The molecule has 1 aromatic rings. The van der Waals surface area contributed by atoms with E-state index < -0.39 is 11.5 Å². The average molecular weight is 287 g/mol. The SMILES string of the molecule is CC1CCCC(NC(=O)C2Cc3ccccc32)(C(=O)O)C1. The minimum Gasteiger partial charge on any atom is -0.480 e. The predicted molar refractivity (Wildman–Crippen MR) is 79.0 cm³/mol. The first-order valence-corrected chi connectivity index (χ1v) is 7.65. The molecule has 3 rings (SSSR count). The predicted octanol–water partition coefficient (Wildman–Crippen LogP) is 2.48. The smallest absolute Gasteiger partial charge is 0.329 e. The van der Waals surface area contributed by atoms with Gasteiger partial charge >= 0.3 is 5.97 Å². The highest BCUT2D eigenvalue weighted by molar-refractivity contribution is 5.92. The minimum absolute atomic E-state index is 0.134. The van der Waals surface area contributed by atoms with Gasteiger partial charge in [-0.25, -0.2) is 4.79 Å².